The van der Waals surface area contributed by atoms with Crippen molar-refractivity contribution in [2.24, 2.45) is 0 Å². The van der Waals surface area contributed by atoms with Crippen molar-refractivity contribution in [3.63, 3.8) is 0 Å². The fourth-order valence-electron chi connectivity index (χ4n) is 1.52. The van der Waals surface area contributed by atoms with Crippen LogP contribution in [0.4, 0.5) is 21.0 Å². The molecule has 0 saturated carbocycles. The minimum atomic E-state index is -1.25. The summed E-state index contributed by atoms with van der Waals surface area (Å²) in [5, 5.41) is 13.8. The van der Waals surface area contributed by atoms with Gasteiger partial charge in [0.25, 0.3) is 0 Å². The molecule has 0 spiro atoms. The molecule has 116 valence electrons. The van der Waals surface area contributed by atoms with Gasteiger partial charge in [0.05, 0.1) is 16.4 Å². The Morgan fingerprint density at radius 1 is 1.33 bits per heavy atom. The molecule has 21 heavy (non-hydrogen) atoms. The van der Waals surface area contributed by atoms with Gasteiger partial charge < -0.3 is 9.84 Å². The molecule has 0 radical (unpaired) electrons. The highest BCUT2D eigenvalue weighted by Crippen LogP contribution is 2.38. The molecule has 6 nitrogen and oxygen atoms in total. The van der Waals surface area contributed by atoms with Gasteiger partial charge in [0.1, 0.15) is 5.60 Å². The number of carbonyl (C=O) groups excluding carboxylic acids is 1. The van der Waals surface area contributed by atoms with Gasteiger partial charge in [-0.1, -0.05) is 11.6 Å². The predicted molar refractivity (Wildman–Crippen MR) is 85.4 cm³/mol. The number of halogens is 2. The molecule has 0 aromatic heterocycles. The minimum Gasteiger partial charge on any atom is -0.465 e. The molecule has 0 fully saturated rings. The number of benzene rings is 1. The van der Waals surface area contributed by atoms with Crippen LogP contribution >= 0.6 is 27.5 Å². The third-order valence-electron chi connectivity index (χ3n) is 2.35. The molecule has 0 heterocycles. The molecule has 0 aliphatic carbocycles. The van der Waals surface area contributed by atoms with Crippen LogP contribution in [0.5, 0.6) is 0 Å². The normalized spacial score (nSPS) is 11.0. The second-order valence-electron chi connectivity index (χ2n) is 5.28. The molecule has 1 rings (SSSR count). The van der Waals surface area contributed by atoms with E-state index >= 15 is 0 Å². The van der Waals surface area contributed by atoms with Crippen LogP contribution in [0.1, 0.15) is 26.3 Å². The van der Waals surface area contributed by atoms with Crippen molar-refractivity contribution in [3.8, 4) is 0 Å². The van der Waals surface area contributed by atoms with E-state index in [1.165, 1.54) is 0 Å². The van der Waals surface area contributed by atoms with Gasteiger partial charge >= 0.3 is 12.2 Å². The number of anilines is 2. The molecule has 0 unspecified atom stereocenters. The number of amides is 2. The third kappa shape index (κ3) is 5.09. The molecule has 1 aromatic rings. The van der Waals surface area contributed by atoms with Crippen LogP contribution in [0, 0.1) is 6.92 Å². The molecular formula is C13H16BrClN2O4. The lowest BCUT2D eigenvalue weighted by Crippen LogP contribution is -2.27. The fraction of sp³-hybridized carbons (Fsp3) is 0.385. The van der Waals surface area contributed by atoms with Crippen molar-refractivity contribution in [2.45, 2.75) is 33.3 Å². The summed E-state index contributed by atoms with van der Waals surface area (Å²) in [6.07, 6.45) is -1.89. The summed E-state index contributed by atoms with van der Waals surface area (Å²) in [6, 6.07) is 1.58. The highest BCUT2D eigenvalue weighted by molar-refractivity contribution is 9.10. The van der Waals surface area contributed by atoms with E-state index in [1.54, 1.807) is 33.8 Å². The largest absolute Gasteiger partial charge is 0.465 e. The predicted octanol–water partition coefficient (Wildman–Crippen LogP) is 4.85. The van der Waals surface area contributed by atoms with E-state index in [2.05, 4.69) is 26.6 Å². The number of carboxylic acid groups (broad SMARTS) is 1. The Kier molecular flexibility index (Phi) is 5.47. The first-order valence-electron chi connectivity index (χ1n) is 6.00. The molecule has 0 aliphatic heterocycles. The van der Waals surface area contributed by atoms with Crippen molar-refractivity contribution >= 4 is 51.1 Å². The van der Waals surface area contributed by atoms with E-state index in [0.29, 0.717) is 15.7 Å². The summed E-state index contributed by atoms with van der Waals surface area (Å²) in [4.78, 5) is 22.6. The van der Waals surface area contributed by atoms with E-state index in [0.717, 1.165) is 0 Å². The van der Waals surface area contributed by atoms with Gasteiger partial charge in [-0.15, -0.1) is 0 Å². The summed E-state index contributed by atoms with van der Waals surface area (Å²) in [7, 11) is 0. The van der Waals surface area contributed by atoms with Crippen LogP contribution < -0.4 is 10.6 Å². The number of rotatable bonds is 2. The van der Waals surface area contributed by atoms with Gasteiger partial charge in [0.15, 0.2) is 0 Å². The SMILES string of the molecule is Cc1c(NC(=O)OC(C)(C)C)cc(Br)c(Cl)c1NC(=O)O. The van der Waals surface area contributed by atoms with E-state index in [-0.39, 0.29) is 10.7 Å². The maximum Gasteiger partial charge on any atom is 0.412 e. The van der Waals surface area contributed by atoms with Crippen LogP contribution in [0.2, 0.25) is 5.02 Å². The Bertz CT molecular complexity index is 585. The first-order chi connectivity index (χ1) is 9.51. The third-order valence-corrected chi connectivity index (χ3v) is 3.59. The molecule has 0 bridgehead atoms. The summed E-state index contributed by atoms with van der Waals surface area (Å²) in [6.45, 7) is 6.87. The summed E-state index contributed by atoms with van der Waals surface area (Å²) < 4.78 is 5.60. The number of carbonyl (C=O) groups is 2. The summed E-state index contributed by atoms with van der Waals surface area (Å²) in [5.41, 5.74) is 0.439. The Morgan fingerprint density at radius 3 is 2.38 bits per heavy atom. The number of ether oxygens (including phenoxy) is 1. The molecule has 8 heteroatoms. The van der Waals surface area contributed by atoms with Crippen LogP contribution in [0.25, 0.3) is 0 Å². The van der Waals surface area contributed by atoms with E-state index in [9.17, 15) is 9.59 Å². The standard InChI is InChI=1S/C13H16BrClN2O4/c1-6-8(16-12(20)21-13(2,3)4)5-7(14)9(15)10(6)17-11(18)19/h5,17H,1-4H3,(H,16,20)(H,18,19). The molecule has 0 saturated heterocycles. The number of nitrogens with one attached hydrogen (secondary N) is 2. The van der Waals surface area contributed by atoms with Crippen LogP contribution in [-0.4, -0.2) is 22.9 Å². The Balaban J connectivity index is 3.11. The minimum absolute atomic E-state index is 0.199. The van der Waals surface area contributed by atoms with Gasteiger partial charge in [0.2, 0.25) is 0 Å². The molecule has 3 N–H and O–H groups in total. The van der Waals surface area contributed by atoms with E-state index in [4.69, 9.17) is 21.4 Å². The fourth-order valence-corrected chi connectivity index (χ4v) is 2.19. The smallest absolute Gasteiger partial charge is 0.412 e. The Labute approximate surface area is 135 Å². The van der Waals surface area contributed by atoms with E-state index in [1.807, 2.05) is 0 Å². The highest BCUT2D eigenvalue weighted by atomic mass is 79.9. The molecule has 0 atom stereocenters. The number of hydrogen-bond acceptors (Lipinski definition) is 3. The average Bonchev–Trinajstić information content (AvgIpc) is 2.29. The highest BCUT2D eigenvalue weighted by Gasteiger charge is 2.20. The zero-order valence-corrected chi connectivity index (χ0v) is 14.3. The van der Waals surface area contributed by atoms with Gasteiger partial charge in [-0.05, 0) is 55.3 Å². The Morgan fingerprint density at radius 2 is 1.90 bits per heavy atom. The van der Waals surface area contributed by atoms with Crippen LogP contribution in [-0.2, 0) is 4.74 Å². The first-order valence-corrected chi connectivity index (χ1v) is 7.17. The van der Waals surface area contributed by atoms with Crippen LogP contribution in [0.15, 0.2) is 10.5 Å². The lowest BCUT2D eigenvalue weighted by Gasteiger charge is -2.21. The quantitative estimate of drug-likeness (QED) is 0.685. The van der Waals surface area contributed by atoms with Gasteiger partial charge in [-0.3, -0.25) is 10.6 Å². The van der Waals surface area contributed by atoms with Gasteiger partial charge in [0, 0.05) is 4.47 Å². The topological polar surface area (TPSA) is 87.7 Å². The molecule has 2 amide bonds. The summed E-state index contributed by atoms with van der Waals surface area (Å²) >= 11 is 9.26. The van der Waals surface area contributed by atoms with Crippen molar-refractivity contribution in [3.05, 3.63) is 21.1 Å². The van der Waals surface area contributed by atoms with Crippen molar-refractivity contribution in [1.29, 1.82) is 0 Å². The Hall–Kier alpha value is -1.47. The van der Waals surface area contributed by atoms with Crippen LogP contribution in [0.3, 0.4) is 0 Å². The second kappa shape index (κ2) is 6.53. The number of hydrogen-bond donors (Lipinski definition) is 3. The maximum absolute atomic E-state index is 11.8. The van der Waals surface area contributed by atoms with Gasteiger partial charge in [-0.2, -0.15) is 0 Å². The lowest BCUT2D eigenvalue weighted by molar-refractivity contribution is 0.0636. The molecule has 0 aliphatic rings. The second-order valence-corrected chi connectivity index (χ2v) is 6.51. The lowest BCUT2D eigenvalue weighted by atomic mass is 10.1. The monoisotopic (exact) mass is 378 g/mol. The van der Waals surface area contributed by atoms with Crippen molar-refractivity contribution in [2.75, 3.05) is 10.6 Å². The molecule has 1 aromatic carbocycles. The first kappa shape index (κ1) is 17.6. The van der Waals surface area contributed by atoms with E-state index < -0.39 is 17.8 Å². The molecular weight excluding hydrogens is 364 g/mol. The summed E-state index contributed by atoms with van der Waals surface area (Å²) in [5.74, 6) is 0. The van der Waals surface area contributed by atoms with Gasteiger partial charge in [-0.25, -0.2) is 9.59 Å². The zero-order chi connectivity index (χ0) is 16.4. The average molecular weight is 380 g/mol. The van der Waals surface area contributed by atoms with Crippen molar-refractivity contribution in [1.82, 2.24) is 0 Å². The van der Waals surface area contributed by atoms with Crippen molar-refractivity contribution < 1.29 is 19.4 Å². The maximum atomic E-state index is 11.8. The zero-order valence-electron chi connectivity index (χ0n) is 12.0.